The number of aromatic nitrogens is 4. The SMILES string of the molecule is Cc1cc(SCC(=O)NCc2ccc3c(c2)OCO3)n2ncnc2n1. The fourth-order valence-electron chi connectivity index (χ4n) is 2.44. The molecule has 1 aromatic carbocycles. The predicted molar refractivity (Wildman–Crippen MR) is 90.7 cm³/mol. The molecule has 25 heavy (non-hydrogen) atoms. The van der Waals surface area contributed by atoms with Gasteiger partial charge in [-0.2, -0.15) is 14.6 Å². The number of hydrogen-bond acceptors (Lipinski definition) is 7. The van der Waals surface area contributed by atoms with Crippen molar-refractivity contribution in [2.75, 3.05) is 12.5 Å². The lowest BCUT2D eigenvalue weighted by atomic mass is 10.2. The third kappa shape index (κ3) is 3.36. The van der Waals surface area contributed by atoms with Gasteiger partial charge in [0.1, 0.15) is 11.4 Å². The van der Waals surface area contributed by atoms with Crippen LogP contribution in [0, 0.1) is 6.92 Å². The summed E-state index contributed by atoms with van der Waals surface area (Å²) in [4.78, 5) is 20.5. The number of carbonyl (C=O) groups excluding carboxylic acids is 1. The molecule has 4 rings (SSSR count). The van der Waals surface area contributed by atoms with E-state index in [1.165, 1.54) is 18.1 Å². The summed E-state index contributed by atoms with van der Waals surface area (Å²) in [7, 11) is 0. The normalized spacial score (nSPS) is 12.5. The van der Waals surface area contributed by atoms with Crippen molar-refractivity contribution < 1.29 is 14.3 Å². The van der Waals surface area contributed by atoms with E-state index in [4.69, 9.17) is 9.47 Å². The Labute approximate surface area is 147 Å². The van der Waals surface area contributed by atoms with Crippen LogP contribution in [0.4, 0.5) is 0 Å². The summed E-state index contributed by atoms with van der Waals surface area (Å²) in [6, 6.07) is 7.52. The van der Waals surface area contributed by atoms with Crippen molar-refractivity contribution in [1.82, 2.24) is 24.9 Å². The first-order valence-corrected chi connectivity index (χ1v) is 8.63. The molecule has 9 heteroatoms. The summed E-state index contributed by atoms with van der Waals surface area (Å²) in [5.74, 6) is 2.19. The van der Waals surface area contributed by atoms with Crippen molar-refractivity contribution in [2.45, 2.75) is 18.5 Å². The van der Waals surface area contributed by atoms with E-state index in [0.717, 1.165) is 22.0 Å². The van der Waals surface area contributed by atoms with Crippen LogP contribution in [0.15, 0.2) is 35.6 Å². The number of rotatable bonds is 5. The highest BCUT2D eigenvalue weighted by Gasteiger charge is 2.14. The van der Waals surface area contributed by atoms with E-state index >= 15 is 0 Å². The minimum absolute atomic E-state index is 0.0644. The topological polar surface area (TPSA) is 90.6 Å². The molecule has 8 nitrogen and oxygen atoms in total. The molecule has 128 valence electrons. The fourth-order valence-corrected chi connectivity index (χ4v) is 3.33. The number of nitrogens with zero attached hydrogens (tertiary/aromatic N) is 4. The van der Waals surface area contributed by atoms with Gasteiger partial charge >= 0.3 is 0 Å². The van der Waals surface area contributed by atoms with Gasteiger partial charge in [0, 0.05) is 12.2 Å². The van der Waals surface area contributed by atoms with Gasteiger partial charge in [0.05, 0.1) is 5.75 Å². The first-order chi connectivity index (χ1) is 12.2. The number of aryl methyl sites for hydroxylation is 1. The van der Waals surface area contributed by atoms with Gasteiger partial charge in [0.25, 0.3) is 5.78 Å². The largest absolute Gasteiger partial charge is 0.454 e. The zero-order valence-corrected chi connectivity index (χ0v) is 14.2. The van der Waals surface area contributed by atoms with E-state index in [1.54, 1.807) is 4.52 Å². The summed E-state index contributed by atoms with van der Waals surface area (Å²) < 4.78 is 12.2. The van der Waals surface area contributed by atoms with Crippen LogP contribution < -0.4 is 14.8 Å². The van der Waals surface area contributed by atoms with Crippen LogP contribution in [-0.4, -0.2) is 38.0 Å². The molecule has 3 heterocycles. The molecule has 0 spiro atoms. The summed E-state index contributed by atoms with van der Waals surface area (Å²) in [6.07, 6.45) is 1.45. The molecule has 3 aromatic rings. The average molecular weight is 357 g/mol. The number of fused-ring (bicyclic) bond motifs is 2. The van der Waals surface area contributed by atoms with Gasteiger partial charge < -0.3 is 14.8 Å². The van der Waals surface area contributed by atoms with Crippen LogP contribution in [0.25, 0.3) is 5.78 Å². The maximum atomic E-state index is 12.1. The van der Waals surface area contributed by atoms with Crippen LogP contribution in [0.2, 0.25) is 0 Å². The lowest BCUT2D eigenvalue weighted by Crippen LogP contribution is -2.24. The zero-order chi connectivity index (χ0) is 17.2. The molecule has 0 atom stereocenters. The molecule has 2 aromatic heterocycles. The number of nitrogens with one attached hydrogen (secondary N) is 1. The van der Waals surface area contributed by atoms with Gasteiger partial charge in [-0.1, -0.05) is 17.8 Å². The van der Waals surface area contributed by atoms with E-state index in [2.05, 4.69) is 20.4 Å². The predicted octanol–water partition coefficient (Wildman–Crippen LogP) is 1.57. The second kappa shape index (κ2) is 6.60. The quantitative estimate of drug-likeness (QED) is 0.547. The molecule has 1 aliphatic heterocycles. The Balaban J connectivity index is 1.35. The Morgan fingerprint density at radius 3 is 3.12 bits per heavy atom. The Bertz CT molecular complexity index is 943. The standard InChI is InChI=1S/C16H15N5O3S/c1-10-4-15(21-16(20-10)18-8-19-21)25-7-14(22)17-6-11-2-3-12-13(5-11)24-9-23-12/h2-5,8H,6-7,9H2,1H3,(H,17,22). The Morgan fingerprint density at radius 2 is 2.20 bits per heavy atom. The van der Waals surface area contributed by atoms with Gasteiger partial charge in [-0.05, 0) is 30.7 Å². The molecule has 0 aliphatic carbocycles. The second-order valence-corrected chi connectivity index (χ2v) is 6.46. The first kappa shape index (κ1) is 15.7. The van der Waals surface area contributed by atoms with E-state index in [9.17, 15) is 4.79 Å². The zero-order valence-electron chi connectivity index (χ0n) is 13.4. The third-order valence-electron chi connectivity index (χ3n) is 3.63. The van der Waals surface area contributed by atoms with Crippen molar-refractivity contribution in [3.63, 3.8) is 0 Å². The number of hydrogen-bond donors (Lipinski definition) is 1. The van der Waals surface area contributed by atoms with Gasteiger partial charge in [-0.3, -0.25) is 4.79 Å². The number of ether oxygens (including phenoxy) is 2. The third-order valence-corrected chi connectivity index (χ3v) is 4.62. The lowest BCUT2D eigenvalue weighted by molar-refractivity contribution is -0.118. The highest BCUT2D eigenvalue weighted by Crippen LogP contribution is 2.32. The number of benzene rings is 1. The van der Waals surface area contributed by atoms with Crippen molar-refractivity contribution in [3.05, 3.63) is 41.9 Å². The second-order valence-electron chi connectivity index (χ2n) is 5.46. The van der Waals surface area contributed by atoms with Gasteiger partial charge in [-0.15, -0.1) is 0 Å². The average Bonchev–Trinajstić information content (AvgIpc) is 3.25. The molecule has 0 fully saturated rings. The smallest absolute Gasteiger partial charge is 0.253 e. The minimum atomic E-state index is -0.0644. The van der Waals surface area contributed by atoms with E-state index in [-0.39, 0.29) is 18.5 Å². The summed E-state index contributed by atoms with van der Waals surface area (Å²) in [5, 5.41) is 7.86. The van der Waals surface area contributed by atoms with Crippen molar-refractivity contribution in [2.24, 2.45) is 0 Å². The van der Waals surface area contributed by atoms with Crippen molar-refractivity contribution in [1.29, 1.82) is 0 Å². The number of amides is 1. The number of carbonyl (C=O) groups is 1. The molecule has 0 saturated carbocycles. The van der Waals surface area contributed by atoms with Crippen LogP contribution in [0.3, 0.4) is 0 Å². The van der Waals surface area contributed by atoms with Gasteiger partial charge in [0.2, 0.25) is 12.7 Å². The van der Waals surface area contributed by atoms with E-state index in [0.29, 0.717) is 18.1 Å². The molecule has 1 amide bonds. The van der Waals surface area contributed by atoms with Crippen molar-refractivity contribution in [3.8, 4) is 11.5 Å². The Hall–Kier alpha value is -2.81. The molecule has 0 saturated heterocycles. The summed E-state index contributed by atoms with van der Waals surface area (Å²) in [6.45, 7) is 2.56. The molecule has 0 radical (unpaired) electrons. The van der Waals surface area contributed by atoms with Crippen LogP contribution in [0.1, 0.15) is 11.3 Å². The summed E-state index contributed by atoms with van der Waals surface area (Å²) >= 11 is 1.40. The highest BCUT2D eigenvalue weighted by molar-refractivity contribution is 7.99. The van der Waals surface area contributed by atoms with E-state index < -0.39 is 0 Å². The first-order valence-electron chi connectivity index (χ1n) is 7.64. The molecule has 0 bridgehead atoms. The lowest BCUT2D eigenvalue weighted by Gasteiger charge is -2.07. The minimum Gasteiger partial charge on any atom is -0.454 e. The van der Waals surface area contributed by atoms with Gasteiger partial charge in [0.15, 0.2) is 11.5 Å². The maximum absolute atomic E-state index is 12.1. The molecular formula is C16H15N5O3S. The Morgan fingerprint density at radius 1 is 1.32 bits per heavy atom. The molecular weight excluding hydrogens is 342 g/mol. The molecule has 1 aliphatic rings. The fraction of sp³-hybridized carbons (Fsp3) is 0.250. The molecule has 1 N–H and O–H groups in total. The van der Waals surface area contributed by atoms with Crippen molar-refractivity contribution >= 4 is 23.4 Å². The van der Waals surface area contributed by atoms with E-state index in [1.807, 2.05) is 31.2 Å². The monoisotopic (exact) mass is 357 g/mol. The van der Waals surface area contributed by atoms with Gasteiger partial charge in [-0.25, -0.2) is 4.98 Å². The highest BCUT2D eigenvalue weighted by atomic mass is 32.2. The van der Waals surface area contributed by atoms with Crippen LogP contribution in [-0.2, 0) is 11.3 Å². The Kier molecular flexibility index (Phi) is 4.14. The summed E-state index contributed by atoms with van der Waals surface area (Å²) in [5.41, 5.74) is 1.80. The van der Waals surface area contributed by atoms with Crippen LogP contribution >= 0.6 is 11.8 Å². The molecule has 0 unspecified atom stereocenters. The number of thioether (sulfide) groups is 1. The maximum Gasteiger partial charge on any atom is 0.253 e. The van der Waals surface area contributed by atoms with Crippen LogP contribution in [0.5, 0.6) is 11.5 Å².